The van der Waals surface area contributed by atoms with E-state index in [1.807, 2.05) is 24.3 Å². The van der Waals surface area contributed by atoms with E-state index in [1.54, 1.807) is 7.11 Å². The molecule has 0 aliphatic carbocycles. The number of aryl methyl sites for hydroxylation is 1. The molecular formula is C29H34N2O2. The molecule has 172 valence electrons. The maximum absolute atomic E-state index is 13.6. The number of hydrogen-bond acceptors (Lipinski definition) is 3. The predicted molar refractivity (Wildman–Crippen MR) is 133 cm³/mol. The number of ether oxygens (including phenoxy) is 1. The van der Waals surface area contributed by atoms with Gasteiger partial charge in [-0.15, -0.1) is 0 Å². The smallest absolute Gasteiger partial charge is 0.227 e. The number of rotatable bonds is 9. The molecule has 4 nitrogen and oxygen atoms in total. The summed E-state index contributed by atoms with van der Waals surface area (Å²) < 4.78 is 5.27. The molecule has 1 unspecified atom stereocenters. The molecule has 33 heavy (non-hydrogen) atoms. The Morgan fingerprint density at radius 3 is 2.33 bits per heavy atom. The maximum Gasteiger partial charge on any atom is 0.227 e. The van der Waals surface area contributed by atoms with Crippen LogP contribution in [0.5, 0.6) is 5.75 Å². The van der Waals surface area contributed by atoms with Crippen LogP contribution in [0.15, 0.2) is 78.9 Å². The third kappa shape index (κ3) is 6.02. The molecule has 1 fully saturated rings. The number of carbonyl (C=O) groups excluding carboxylic acids is 1. The SMILES string of the molecule is CCc1ccccc1CN(C(=O)Cc1ccc(OC)cc1)C1CCN(Cc2ccccc2)C1. The van der Waals surface area contributed by atoms with E-state index in [9.17, 15) is 4.79 Å². The van der Waals surface area contributed by atoms with Crippen molar-refractivity contribution >= 4 is 5.91 Å². The van der Waals surface area contributed by atoms with Gasteiger partial charge in [0.1, 0.15) is 5.75 Å². The van der Waals surface area contributed by atoms with Crippen molar-refractivity contribution in [3.05, 3.63) is 101 Å². The number of methoxy groups -OCH3 is 1. The Balaban J connectivity index is 1.51. The van der Waals surface area contributed by atoms with Crippen LogP contribution < -0.4 is 4.74 Å². The molecule has 0 bridgehead atoms. The van der Waals surface area contributed by atoms with Crippen LogP contribution in [0.1, 0.15) is 35.6 Å². The molecule has 0 saturated carbocycles. The van der Waals surface area contributed by atoms with Crippen LogP contribution in [0.3, 0.4) is 0 Å². The van der Waals surface area contributed by atoms with Gasteiger partial charge in [0.05, 0.1) is 13.5 Å². The van der Waals surface area contributed by atoms with Gasteiger partial charge in [0.15, 0.2) is 0 Å². The Morgan fingerprint density at radius 1 is 0.939 bits per heavy atom. The number of carbonyl (C=O) groups is 1. The summed E-state index contributed by atoms with van der Waals surface area (Å²) in [6, 6.07) is 27.2. The van der Waals surface area contributed by atoms with Gasteiger partial charge in [-0.2, -0.15) is 0 Å². The van der Waals surface area contributed by atoms with Crippen molar-refractivity contribution in [2.24, 2.45) is 0 Å². The second kappa shape index (κ2) is 11.2. The molecule has 1 heterocycles. The summed E-state index contributed by atoms with van der Waals surface area (Å²) in [5.74, 6) is 1.00. The van der Waals surface area contributed by atoms with Gasteiger partial charge in [-0.25, -0.2) is 0 Å². The Bertz CT molecular complexity index is 1030. The molecule has 1 saturated heterocycles. The highest BCUT2D eigenvalue weighted by atomic mass is 16.5. The Labute approximate surface area is 197 Å². The highest BCUT2D eigenvalue weighted by molar-refractivity contribution is 5.79. The molecule has 3 aromatic carbocycles. The van der Waals surface area contributed by atoms with Crippen LogP contribution in [-0.2, 0) is 30.7 Å². The molecular weight excluding hydrogens is 408 g/mol. The third-order valence-corrected chi connectivity index (χ3v) is 6.61. The van der Waals surface area contributed by atoms with Crippen molar-refractivity contribution in [1.29, 1.82) is 0 Å². The van der Waals surface area contributed by atoms with E-state index in [4.69, 9.17) is 4.74 Å². The van der Waals surface area contributed by atoms with Crippen molar-refractivity contribution in [2.75, 3.05) is 20.2 Å². The fraction of sp³-hybridized carbons (Fsp3) is 0.345. The molecule has 4 heteroatoms. The Kier molecular flexibility index (Phi) is 7.79. The topological polar surface area (TPSA) is 32.8 Å². The third-order valence-electron chi connectivity index (χ3n) is 6.61. The summed E-state index contributed by atoms with van der Waals surface area (Å²) in [6.07, 6.45) is 2.39. The summed E-state index contributed by atoms with van der Waals surface area (Å²) >= 11 is 0. The zero-order chi connectivity index (χ0) is 23.0. The van der Waals surface area contributed by atoms with E-state index >= 15 is 0 Å². The van der Waals surface area contributed by atoms with Crippen LogP contribution in [0.25, 0.3) is 0 Å². The normalized spacial score (nSPS) is 16.0. The quantitative estimate of drug-likeness (QED) is 0.462. The number of likely N-dealkylation sites (tertiary alicyclic amines) is 1. The van der Waals surface area contributed by atoms with Gasteiger partial charge in [-0.1, -0.05) is 73.7 Å². The highest BCUT2D eigenvalue weighted by Crippen LogP contribution is 2.23. The van der Waals surface area contributed by atoms with Gasteiger partial charge in [0.2, 0.25) is 5.91 Å². The number of hydrogen-bond donors (Lipinski definition) is 0. The maximum atomic E-state index is 13.6. The first-order chi connectivity index (χ1) is 16.2. The van der Waals surface area contributed by atoms with Crippen LogP contribution in [0.2, 0.25) is 0 Å². The van der Waals surface area contributed by atoms with Crippen molar-refractivity contribution in [1.82, 2.24) is 9.80 Å². The molecule has 1 aliphatic rings. The van der Waals surface area contributed by atoms with Crippen LogP contribution >= 0.6 is 0 Å². The summed E-state index contributed by atoms with van der Waals surface area (Å²) in [7, 11) is 1.66. The Morgan fingerprint density at radius 2 is 1.64 bits per heavy atom. The zero-order valence-electron chi connectivity index (χ0n) is 19.7. The fourth-order valence-corrected chi connectivity index (χ4v) is 4.73. The van der Waals surface area contributed by atoms with Crippen LogP contribution in [0, 0.1) is 0 Å². The van der Waals surface area contributed by atoms with E-state index < -0.39 is 0 Å². The average Bonchev–Trinajstić information content (AvgIpc) is 3.31. The van der Waals surface area contributed by atoms with Gasteiger partial charge < -0.3 is 9.64 Å². The largest absolute Gasteiger partial charge is 0.497 e. The molecule has 1 atom stereocenters. The average molecular weight is 443 g/mol. The van der Waals surface area contributed by atoms with Crippen molar-refractivity contribution in [3.63, 3.8) is 0 Å². The summed E-state index contributed by atoms with van der Waals surface area (Å²) in [4.78, 5) is 18.2. The standard InChI is InChI=1S/C29H34N2O2/c1-3-25-11-7-8-12-26(25)21-31(29(32)19-23-13-15-28(33-2)16-14-23)27-17-18-30(22-27)20-24-9-5-4-6-10-24/h4-16,27H,3,17-22H2,1-2H3. The van der Waals surface area contributed by atoms with Gasteiger partial charge in [-0.05, 0) is 47.2 Å². The number of amides is 1. The van der Waals surface area contributed by atoms with E-state index in [0.29, 0.717) is 13.0 Å². The first kappa shape index (κ1) is 23.1. The minimum Gasteiger partial charge on any atom is -0.497 e. The molecule has 4 rings (SSSR count). The van der Waals surface area contributed by atoms with Crippen LogP contribution in [0.4, 0.5) is 0 Å². The molecule has 0 spiro atoms. The van der Waals surface area contributed by atoms with Crippen molar-refractivity contribution < 1.29 is 9.53 Å². The summed E-state index contributed by atoms with van der Waals surface area (Å²) in [5.41, 5.74) is 4.92. The minimum absolute atomic E-state index is 0.192. The highest BCUT2D eigenvalue weighted by Gasteiger charge is 2.31. The van der Waals surface area contributed by atoms with E-state index in [-0.39, 0.29) is 11.9 Å². The number of nitrogens with zero attached hydrogens (tertiary/aromatic N) is 2. The Hall–Kier alpha value is -3.11. The molecule has 0 radical (unpaired) electrons. The zero-order valence-corrected chi connectivity index (χ0v) is 19.7. The fourth-order valence-electron chi connectivity index (χ4n) is 4.73. The molecule has 3 aromatic rings. The summed E-state index contributed by atoms with van der Waals surface area (Å²) in [5, 5.41) is 0. The van der Waals surface area contributed by atoms with Crippen molar-refractivity contribution in [3.8, 4) is 5.75 Å². The van der Waals surface area contributed by atoms with Gasteiger partial charge in [-0.3, -0.25) is 9.69 Å². The lowest BCUT2D eigenvalue weighted by atomic mass is 10.0. The first-order valence-electron chi connectivity index (χ1n) is 11.9. The molecule has 1 amide bonds. The summed E-state index contributed by atoms with van der Waals surface area (Å²) in [6.45, 7) is 5.71. The van der Waals surface area contributed by atoms with E-state index in [2.05, 4.69) is 71.3 Å². The first-order valence-corrected chi connectivity index (χ1v) is 11.9. The predicted octanol–water partition coefficient (Wildman–Crippen LogP) is 5.10. The number of benzene rings is 3. The van der Waals surface area contributed by atoms with Gasteiger partial charge in [0.25, 0.3) is 0 Å². The monoisotopic (exact) mass is 442 g/mol. The molecule has 1 aliphatic heterocycles. The second-order valence-electron chi connectivity index (χ2n) is 8.83. The lowest BCUT2D eigenvalue weighted by Gasteiger charge is -2.30. The van der Waals surface area contributed by atoms with Gasteiger partial charge >= 0.3 is 0 Å². The van der Waals surface area contributed by atoms with Gasteiger partial charge in [0, 0.05) is 32.2 Å². The lowest BCUT2D eigenvalue weighted by Crippen LogP contribution is -2.42. The minimum atomic E-state index is 0.192. The lowest BCUT2D eigenvalue weighted by molar-refractivity contribution is -0.133. The van der Waals surface area contributed by atoms with E-state index in [0.717, 1.165) is 43.8 Å². The molecule has 0 N–H and O–H groups in total. The van der Waals surface area contributed by atoms with E-state index in [1.165, 1.54) is 16.7 Å². The molecule has 0 aromatic heterocycles. The second-order valence-corrected chi connectivity index (χ2v) is 8.83. The van der Waals surface area contributed by atoms with Crippen LogP contribution in [-0.4, -0.2) is 41.9 Å². The van der Waals surface area contributed by atoms with Crippen molar-refractivity contribution in [2.45, 2.75) is 45.3 Å².